The highest BCUT2D eigenvalue weighted by Gasteiger charge is 2.22. The van der Waals surface area contributed by atoms with Crippen molar-refractivity contribution >= 4 is 26.3 Å². The van der Waals surface area contributed by atoms with Crippen LogP contribution in [0.2, 0.25) is 0 Å². The van der Waals surface area contributed by atoms with Gasteiger partial charge in [0.1, 0.15) is 5.82 Å². The number of rotatable bonds is 4. The lowest BCUT2D eigenvalue weighted by molar-refractivity contribution is 0.602. The lowest BCUT2D eigenvalue weighted by Gasteiger charge is -2.19. The van der Waals surface area contributed by atoms with Gasteiger partial charge in [0.05, 0.1) is 15.5 Å². The molecule has 1 heterocycles. The average Bonchev–Trinajstić information content (AvgIpc) is 2.96. The normalized spacial score (nSPS) is 12.2. The van der Waals surface area contributed by atoms with E-state index < -0.39 is 9.84 Å². The first-order valence-electron chi connectivity index (χ1n) is 8.39. The molecule has 0 spiro atoms. The van der Waals surface area contributed by atoms with Crippen LogP contribution in [-0.4, -0.2) is 25.2 Å². The fourth-order valence-corrected chi connectivity index (χ4v) is 4.85. The molecule has 0 saturated carbocycles. The van der Waals surface area contributed by atoms with Gasteiger partial charge >= 0.3 is 0 Å². The van der Waals surface area contributed by atoms with Gasteiger partial charge in [0.15, 0.2) is 15.0 Å². The van der Waals surface area contributed by atoms with Gasteiger partial charge in [-0.15, -0.1) is 0 Å². The van der Waals surface area contributed by atoms with Crippen molar-refractivity contribution in [3.63, 3.8) is 0 Å². The molecule has 0 amide bonds. The highest BCUT2D eigenvalue weighted by atomic mass is 32.2. The smallest absolute Gasteiger partial charge is 0.184 e. The van der Waals surface area contributed by atoms with Crippen LogP contribution in [0, 0.1) is 5.82 Å². The van der Waals surface area contributed by atoms with Crippen LogP contribution in [0.3, 0.4) is 0 Å². The van der Waals surface area contributed by atoms with Gasteiger partial charge in [0.25, 0.3) is 0 Å². The van der Waals surface area contributed by atoms with Gasteiger partial charge in [-0.3, -0.25) is 0 Å². The molecule has 3 rings (SSSR count). The maximum absolute atomic E-state index is 13.4. The van der Waals surface area contributed by atoms with E-state index in [1.807, 2.05) is 20.8 Å². The Morgan fingerprint density at radius 1 is 1.04 bits per heavy atom. The van der Waals surface area contributed by atoms with E-state index in [1.165, 1.54) is 29.7 Å². The summed E-state index contributed by atoms with van der Waals surface area (Å²) in [6.45, 7) is 6.07. The van der Waals surface area contributed by atoms with Gasteiger partial charge < -0.3 is 5.32 Å². The first kappa shape index (κ1) is 19.5. The number of anilines is 1. The topological polar surface area (TPSA) is 59.1 Å². The molecule has 0 saturated heterocycles. The number of aromatic nitrogens is 1. The van der Waals surface area contributed by atoms with E-state index in [9.17, 15) is 12.8 Å². The average molecular weight is 405 g/mol. The quantitative estimate of drug-likeness (QED) is 0.647. The molecular formula is C20H21FN2O2S2. The predicted molar refractivity (Wildman–Crippen MR) is 109 cm³/mol. The van der Waals surface area contributed by atoms with E-state index in [0.717, 1.165) is 10.4 Å². The number of sulfone groups is 1. The number of nitrogens with zero attached hydrogens (tertiary/aromatic N) is 1. The van der Waals surface area contributed by atoms with E-state index in [4.69, 9.17) is 0 Å². The lowest BCUT2D eigenvalue weighted by atomic mass is 10.1. The van der Waals surface area contributed by atoms with Crippen molar-refractivity contribution < 1.29 is 12.8 Å². The van der Waals surface area contributed by atoms with Gasteiger partial charge in [-0.05, 0) is 51.1 Å². The Kier molecular flexibility index (Phi) is 5.10. The highest BCUT2D eigenvalue weighted by Crippen LogP contribution is 2.42. The number of hydrogen-bond donors (Lipinski definition) is 1. The largest absolute Gasteiger partial charge is 0.357 e. The van der Waals surface area contributed by atoms with Crippen LogP contribution >= 0.6 is 11.3 Å². The summed E-state index contributed by atoms with van der Waals surface area (Å²) in [4.78, 5) is 5.67. The minimum Gasteiger partial charge on any atom is -0.357 e. The van der Waals surface area contributed by atoms with Gasteiger partial charge in [-0.2, -0.15) is 0 Å². The molecule has 0 aliphatic heterocycles. The summed E-state index contributed by atoms with van der Waals surface area (Å²) in [6.07, 6.45) is 1.19. The van der Waals surface area contributed by atoms with Crippen molar-refractivity contribution in [2.24, 2.45) is 0 Å². The highest BCUT2D eigenvalue weighted by molar-refractivity contribution is 7.90. The first-order chi connectivity index (χ1) is 12.5. The number of halogens is 1. The second-order valence-electron chi connectivity index (χ2n) is 7.35. The van der Waals surface area contributed by atoms with E-state index in [2.05, 4.69) is 10.3 Å². The minimum absolute atomic E-state index is 0.203. The summed E-state index contributed by atoms with van der Waals surface area (Å²) in [7, 11) is -3.41. The van der Waals surface area contributed by atoms with Gasteiger partial charge in [0.2, 0.25) is 0 Å². The molecule has 27 heavy (non-hydrogen) atoms. The van der Waals surface area contributed by atoms with Gasteiger partial charge in [-0.25, -0.2) is 17.8 Å². The lowest BCUT2D eigenvalue weighted by Crippen LogP contribution is -2.25. The number of nitrogens with one attached hydrogen (secondary N) is 1. The Balaban J connectivity index is 2.24. The van der Waals surface area contributed by atoms with Crippen molar-refractivity contribution in [1.82, 2.24) is 4.98 Å². The second kappa shape index (κ2) is 7.05. The molecule has 2 aromatic carbocycles. The van der Waals surface area contributed by atoms with E-state index in [-0.39, 0.29) is 16.3 Å². The van der Waals surface area contributed by atoms with Gasteiger partial charge in [0, 0.05) is 22.9 Å². The van der Waals surface area contributed by atoms with Crippen LogP contribution in [0.1, 0.15) is 20.8 Å². The fourth-order valence-electron chi connectivity index (χ4n) is 2.66. The van der Waals surface area contributed by atoms with Crippen molar-refractivity contribution in [3.8, 4) is 21.7 Å². The van der Waals surface area contributed by atoms with Crippen LogP contribution in [0.15, 0.2) is 53.4 Å². The fraction of sp³-hybridized carbons (Fsp3) is 0.250. The molecule has 0 radical (unpaired) electrons. The minimum atomic E-state index is -3.41. The third-order valence-electron chi connectivity index (χ3n) is 3.76. The Labute approximate surface area is 163 Å². The Morgan fingerprint density at radius 2 is 1.67 bits per heavy atom. The SMILES string of the molecule is CC(C)(C)Nc1nc(-c2ccc(F)cc2)c(-c2ccccc2S(C)(=O)=O)s1. The summed E-state index contributed by atoms with van der Waals surface area (Å²) >= 11 is 1.39. The zero-order valence-corrected chi connectivity index (χ0v) is 17.2. The summed E-state index contributed by atoms with van der Waals surface area (Å²) in [5.74, 6) is -0.333. The number of benzene rings is 2. The zero-order chi connectivity index (χ0) is 19.8. The maximum Gasteiger partial charge on any atom is 0.184 e. The Hall–Kier alpha value is -2.25. The van der Waals surface area contributed by atoms with E-state index in [0.29, 0.717) is 16.4 Å². The van der Waals surface area contributed by atoms with E-state index >= 15 is 0 Å². The van der Waals surface area contributed by atoms with Crippen LogP contribution < -0.4 is 5.32 Å². The monoisotopic (exact) mass is 404 g/mol. The molecule has 3 aromatic rings. The summed E-state index contributed by atoms with van der Waals surface area (Å²) in [6, 6.07) is 12.9. The molecule has 4 nitrogen and oxygen atoms in total. The summed E-state index contributed by atoms with van der Waals surface area (Å²) < 4.78 is 37.9. The Bertz CT molecular complexity index is 1070. The molecule has 0 fully saturated rings. The molecule has 1 N–H and O–H groups in total. The Morgan fingerprint density at radius 3 is 2.26 bits per heavy atom. The molecule has 142 valence electrons. The van der Waals surface area contributed by atoms with Crippen LogP contribution in [0.4, 0.5) is 9.52 Å². The van der Waals surface area contributed by atoms with Crippen molar-refractivity contribution in [2.75, 3.05) is 11.6 Å². The standard InChI is InChI=1S/C20H21FN2O2S2/c1-20(2,3)23-19-22-17(13-9-11-14(21)12-10-13)18(26-19)15-7-5-6-8-16(15)27(4,24)25/h5-12H,1-4H3,(H,22,23). The third kappa shape index (κ3) is 4.54. The molecule has 1 aromatic heterocycles. The molecule has 0 bridgehead atoms. The maximum atomic E-state index is 13.4. The summed E-state index contributed by atoms with van der Waals surface area (Å²) in [5.41, 5.74) is 1.75. The predicted octanol–water partition coefficient (Wildman–Crippen LogP) is 5.23. The number of hydrogen-bond acceptors (Lipinski definition) is 5. The van der Waals surface area contributed by atoms with Crippen LogP contribution in [0.25, 0.3) is 21.7 Å². The molecule has 7 heteroatoms. The van der Waals surface area contributed by atoms with Crippen LogP contribution in [-0.2, 0) is 9.84 Å². The molecule has 0 atom stereocenters. The second-order valence-corrected chi connectivity index (χ2v) is 10.3. The van der Waals surface area contributed by atoms with E-state index in [1.54, 1.807) is 36.4 Å². The van der Waals surface area contributed by atoms with Gasteiger partial charge in [-0.1, -0.05) is 29.5 Å². The molecule has 0 aliphatic carbocycles. The van der Waals surface area contributed by atoms with Crippen molar-refractivity contribution in [1.29, 1.82) is 0 Å². The first-order valence-corrected chi connectivity index (χ1v) is 11.1. The zero-order valence-electron chi connectivity index (χ0n) is 15.6. The van der Waals surface area contributed by atoms with Crippen LogP contribution in [0.5, 0.6) is 0 Å². The summed E-state index contributed by atoms with van der Waals surface area (Å²) in [5, 5.41) is 4.02. The number of thiazole rings is 1. The van der Waals surface area contributed by atoms with Crippen molar-refractivity contribution in [2.45, 2.75) is 31.2 Å². The third-order valence-corrected chi connectivity index (χ3v) is 5.92. The molecule has 0 aliphatic rings. The van der Waals surface area contributed by atoms with Crippen molar-refractivity contribution in [3.05, 3.63) is 54.3 Å². The molecular weight excluding hydrogens is 383 g/mol. The molecule has 0 unspecified atom stereocenters.